The van der Waals surface area contributed by atoms with Gasteiger partial charge >= 0.3 is 0 Å². The fourth-order valence-electron chi connectivity index (χ4n) is 2.61. The van der Waals surface area contributed by atoms with Crippen molar-refractivity contribution in [2.45, 2.75) is 0 Å². The molecule has 2 aromatic carbocycles. The van der Waals surface area contributed by atoms with Gasteiger partial charge in [0.1, 0.15) is 0 Å². The molecule has 0 spiro atoms. The zero-order valence-corrected chi connectivity index (χ0v) is 15.5. The molecule has 0 aliphatic rings. The highest BCUT2D eigenvalue weighted by Crippen LogP contribution is 2.28. The Bertz CT molecular complexity index is 938. The lowest BCUT2D eigenvalue weighted by Crippen LogP contribution is -2.38. The molecule has 0 fully saturated rings. The smallest absolute Gasteiger partial charge is 0.252 e. The molecule has 3 rings (SSSR count). The minimum atomic E-state index is -0.378. The molecule has 1 heterocycles. The molecule has 0 aliphatic heterocycles. The van der Waals surface area contributed by atoms with Gasteiger partial charge < -0.3 is 19.8 Å². The molecule has 2 amide bonds. The van der Waals surface area contributed by atoms with E-state index in [4.69, 9.17) is 9.15 Å². The van der Waals surface area contributed by atoms with E-state index in [1.807, 2.05) is 30.3 Å². The molecule has 0 bridgehead atoms. The van der Waals surface area contributed by atoms with Gasteiger partial charge in [0.05, 0.1) is 24.9 Å². The van der Waals surface area contributed by atoms with Crippen LogP contribution >= 0.6 is 0 Å². The third-order valence-electron chi connectivity index (χ3n) is 4.00. The highest BCUT2D eigenvalue weighted by Gasteiger charge is 2.17. The van der Waals surface area contributed by atoms with E-state index in [0.29, 0.717) is 35.9 Å². The van der Waals surface area contributed by atoms with Gasteiger partial charge in [0.2, 0.25) is 11.8 Å². The molecule has 0 aliphatic carbocycles. The number of oxazole rings is 1. The van der Waals surface area contributed by atoms with E-state index in [2.05, 4.69) is 15.6 Å². The Labute approximate surface area is 162 Å². The maximum absolute atomic E-state index is 12.6. The Balaban J connectivity index is 1.72. The quantitative estimate of drug-likeness (QED) is 0.587. The van der Waals surface area contributed by atoms with E-state index in [-0.39, 0.29) is 18.4 Å². The number of ether oxygens (including phenoxy) is 1. The average Bonchev–Trinajstić information content (AvgIpc) is 3.23. The lowest BCUT2D eigenvalue weighted by molar-refractivity contribution is -0.120. The molecule has 144 valence electrons. The van der Waals surface area contributed by atoms with Crippen LogP contribution in [-0.4, -0.2) is 43.6 Å². The molecule has 28 heavy (non-hydrogen) atoms. The normalized spacial score (nSPS) is 10.5. The van der Waals surface area contributed by atoms with Crippen LogP contribution in [-0.2, 0) is 9.53 Å². The molecule has 3 aromatic rings. The predicted molar refractivity (Wildman–Crippen MR) is 105 cm³/mol. The number of aromatic nitrogens is 1. The SMILES string of the molecule is COCCNC(=O)CNC(=O)c1ccccc1-c1ncc(-c2ccccc2)o1. The Morgan fingerprint density at radius 1 is 1.04 bits per heavy atom. The molecule has 1 aromatic heterocycles. The fraction of sp³-hybridized carbons (Fsp3) is 0.190. The summed E-state index contributed by atoms with van der Waals surface area (Å²) in [6.45, 7) is 0.675. The van der Waals surface area contributed by atoms with E-state index in [0.717, 1.165) is 5.56 Å². The molecular formula is C21H21N3O4. The van der Waals surface area contributed by atoms with Gasteiger partial charge in [-0.3, -0.25) is 9.59 Å². The summed E-state index contributed by atoms with van der Waals surface area (Å²) in [4.78, 5) is 28.6. The van der Waals surface area contributed by atoms with Crippen molar-refractivity contribution in [3.63, 3.8) is 0 Å². The first-order valence-electron chi connectivity index (χ1n) is 8.83. The maximum Gasteiger partial charge on any atom is 0.252 e. The van der Waals surface area contributed by atoms with Crippen molar-refractivity contribution in [2.24, 2.45) is 0 Å². The first kappa shape index (κ1) is 19.3. The largest absolute Gasteiger partial charge is 0.436 e. The Morgan fingerprint density at radius 2 is 1.79 bits per heavy atom. The van der Waals surface area contributed by atoms with E-state index < -0.39 is 0 Å². The number of rotatable bonds is 8. The van der Waals surface area contributed by atoms with Crippen molar-refractivity contribution in [3.05, 3.63) is 66.4 Å². The second kappa shape index (κ2) is 9.48. The standard InChI is InChI=1S/C21H21N3O4/c1-27-12-11-22-19(25)14-23-20(26)16-9-5-6-10-17(16)21-24-13-18(28-21)15-7-3-2-4-8-15/h2-10,13H,11-12,14H2,1H3,(H,22,25)(H,23,26). The first-order valence-corrected chi connectivity index (χ1v) is 8.83. The maximum atomic E-state index is 12.6. The summed E-state index contributed by atoms with van der Waals surface area (Å²) < 4.78 is 10.7. The van der Waals surface area contributed by atoms with Crippen LogP contribution in [0.15, 0.2) is 65.2 Å². The summed E-state index contributed by atoms with van der Waals surface area (Å²) in [5.74, 6) is 0.291. The lowest BCUT2D eigenvalue weighted by atomic mass is 10.1. The summed E-state index contributed by atoms with van der Waals surface area (Å²) in [6, 6.07) is 16.6. The predicted octanol–water partition coefficient (Wildman–Crippen LogP) is 2.50. The summed E-state index contributed by atoms with van der Waals surface area (Å²) in [5.41, 5.74) is 1.84. The second-order valence-electron chi connectivity index (χ2n) is 5.97. The van der Waals surface area contributed by atoms with Crippen molar-refractivity contribution in [1.82, 2.24) is 15.6 Å². The van der Waals surface area contributed by atoms with Crippen molar-refractivity contribution in [2.75, 3.05) is 26.8 Å². The number of amides is 2. The molecule has 7 heteroatoms. The van der Waals surface area contributed by atoms with Crippen LogP contribution < -0.4 is 10.6 Å². The van der Waals surface area contributed by atoms with Crippen molar-refractivity contribution in [1.29, 1.82) is 0 Å². The van der Waals surface area contributed by atoms with Crippen LogP contribution in [0, 0.1) is 0 Å². The molecule has 0 radical (unpaired) electrons. The van der Waals surface area contributed by atoms with Crippen LogP contribution in [0.1, 0.15) is 10.4 Å². The molecule has 2 N–H and O–H groups in total. The van der Waals surface area contributed by atoms with Crippen LogP contribution in [0.2, 0.25) is 0 Å². The Kier molecular flexibility index (Phi) is 6.54. The minimum Gasteiger partial charge on any atom is -0.436 e. The number of hydrogen-bond donors (Lipinski definition) is 2. The van der Waals surface area contributed by atoms with Crippen LogP contribution in [0.3, 0.4) is 0 Å². The molecule has 0 unspecified atom stereocenters. The number of carbonyl (C=O) groups excluding carboxylic acids is 2. The summed E-state index contributed by atoms with van der Waals surface area (Å²) in [5, 5.41) is 5.26. The number of benzene rings is 2. The van der Waals surface area contributed by atoms with Gasteiger partial charge in [-0.2, -0.15) is 0 Å². The lowest BCUT2D eigenvalue weighted by Gasteiger charge is -2.09. The molecular weight excluding hydrogens is 358 g/mol. The Hall–Kier alpha value is -3.45. The van der Waals surface area contributed by atoms with Gasteiger partial charge in [0.15, 0.2) is 5.76 Å². The van der Waals surface area contributed by atoms with Gasteiger partial charge in [0, 0.05) is 24.8 Å². The van der Waals surface area contributed by atoms with Crippen LogP contribution in [0.4, 0.5) is 0 Å². The molecule has 0 saturated carbocycles. The minimum absolute atomic E-state index is 0.127. The van der Waals surface area contributed by atoms with Gasteiger partial charge in [0.25, 0.3) is 5.91 Å². The number of carbonyl (C=O) groups is 2. The third-order valence-corrected chi connectivity index (χ3v) is 4.00. The Morgan fingerprint density at radius 3 is 2.57 bits per heavy atom. The number of nitrogens with one attached hydrogen (secondary N) is 2. The highest BCUT2D eigenvalue weighted by atomic mass is 16.5. The van der Waals surface area contributed by atoms with Crippen LogP contribution in [0.25, 0.3) is 22.8 Å². The van der Waals surface area contributed by atoms with E-state index >= 15 is 0 Å². The topological polar surface area (TPSA) is 93.5 Å². The first-order chi connectivity index (χ1) is 13.7. The van der Waals surface area contributed by atoms with Crippen LogP contribution in [0.5, 0.6) is 0 Å². The molecule has 7 nitrogen and oxygen atoms in total. The highest BCUT2D eigenvalue weighted by molar-refractivity contribution is 6.01. The van der Waals surface area contributed by atoms with Gasteiger partial charge in [-0.05, 0) is 12.1 Å². The molecule has 0 saturated heterocycles. The fourth-order valence-corrected chi connectivity index (χ4v) is 2.61. The van der Waals surface area contributed by atoms with E-state index in [1.54, 1.807) is 37.6 Å². The zero-order chi connectivity index (χ0) is 19.8. The average molecular weight is 379 g/mol. The number of hydrogen-bond acceptors (Lipinski definition) is 5. The van der Waals surface area contributed by atoms with Gasteiger partial charge in [-0.15, -0.1) is 0 Å². The van der Waals surface area contributed by atoms with Gasteiger partial charge in [-0.1, -0.05) is 42.5 Å². The van der Waals surface area contributed by atoms with Crippen molar-refractivity contribution < 1.29 is 18.7 Å². The summed E-state index contributed by atoms with van der Waals surface area (Å²) >= 11 is 0. The summed E-state index contributed by atoms with van der Waals surface area (Å²) in [7, 11) is 1.55. The second-order valence-corrected chi connectivity index (χ2v) is 5.97. The monoisotopic (exact) mass is 379 g/mol. The van der Waals surface area contributed by atoms with E-state index in [1.165, 1.54) is 0 Å². The zero-order valence-electron chi connectivity index (χ0n) is 15.5. The molecule has 0 atom stereocenters. The number of nitrogens with zero attached hydrogens (tertiary/aromatic N) is 1. The third kappa shape index (κ3) is 4.83. The number of methoxy groups -OCH3 is 1. The van der Waals surface area contributed by atoms with Crippen molar-refractivity contribution >= 4 is 11.8 Å². The van der Waals surface area contributed by atoms with E-state index in [9.17, 15) is 9.59 Å². The summed E-state index contributed by atoms with van der Waals surface area (Å²) in [6.07, 6.45) is 1.63. The van der Waals surface area contributed by atoms with Gasteiger partial charge in [-0.25, -0.2) is 4.98 Å². The van der Waals surface area contributed by atoms with Crippen molar-refractivity contribution in [3.8, 4) is 22.8 Å².